The van der Waals surface area contributed by atoms with E-state index >= 15 is 0 Å². The number of nitrogens with zero attached hydrogens (tertiary/aromatic N) is 2. The fraction of sp³-hybridized carbons (Fsp3) is 0.900. The standard InChI is InChI=1S/C10H20FN3O/c1-4-13-10(12-2)15-7-9-5-8(11)6-14(9)3/h8-9H,4-7H2,1-3H3,(H,12,13)/t8-,9-/m0/s1. The van der Waals surface area contributed by atoms with Gasteiger partial charge in [-0.15, -0.1) is 0 Å². The minimum atomic E-state index is -0.718. The molecule has 1 N–H and O–H groups in total. The molecule has 1 fully saturated rings. The Hall–Kier alpha value is -0.840. The van der Waals surface area contributed by atoms with Gasteiger partial charge < -0.3 is 10.1 Å². The van der Waals surface area contributed by atoms with Crippen molar-refractivity contribution in [3.8, 4) is 0 Å². The third-order valence-electron chi connectivity index (χ3n) is 2.58. The molecule has 0 saturated carbocycles. The lowest BCUT2D eigenvalue weighted by atomic mass is 10.2. The van der Waals surface area contributed by atoms with Crippen LogP contribution in [0.25, 0.3) is 0 Å². The summed E-state index contributed by atoms with van der Waals surface area (Å²) in [5.41, 5.74) is 0. The van der Waals surface area contributed by atoms with Gasteiger partial charge in [-0.2, -0.15) is 0 Å². The zero-order valence-corrected chi connectivity index (χ0v) is 9.66. The van der Waals surface area contributed by atoms with Crippen molar-refractivity contribution in [3.63, 3.8) is 0 Å². The van der Waals surface area contributed by atoms with E-state index in [1.165, 1.54) is 0 Å². The van der Waals surface area contributed by atoms with Crippen molar-refractivity contribution in [2.45, 2.75) is 25.6 Å². The molecule has 2 atom stereocenters. The van der Waals surface area contributed by atoms with Crippen LogP contribution in [-0.2, 0) is 4.74 Å². The molecule has 0 spiro atoms. The number of hydrogen-bond acceptors (Lipinski definition) is 3. The highest BCUT2D eigenvalue weighted by Gasteiger charge is 2.29. The first-order valence-electron chi connectivity index (χ1n) is 5.35. The number of ether oxygens (including phenoxy) is 1. The van der Waals surface area contributed by atoms with Gasteiger partial charge in [-0.1, -0.05) is 0 Å². The molecule has 0 radical (unpaired) electrons. The minimum Gasteiger partial charge on any atom is -0.464 e. The molecule has 0 aliphatic carbocycles. The molecule has 1 aliphatic heterocycles. The van der Waals surface area contributed by atoms with Crippen LogP contribution in [-0.4, -0.2) is 56.9 Å². The summed E-state index contributed by atoms with van der Waals surface area (Å²) in [4.78, 5) is 5.94. The molecule has 1 aliphatic rings. The van der Waals surface area contributed by atoms with E-state index < -0.39 is 6.17 Å². The number of nitrogens with one attached hydrogen (secondary N) is 1. The largest absolute Gasteiger partial charge is 0.464 e. The second-order valence-corrected chi connectivity index (χ2v) is 3.80. The second kappa shape index (κ2) is 5.90. The zero-order valence-electron chi connectivity index (χ0n) is 9.66. The first kappa shape index (κ1) is 12.2. The normalized spacial score (nSPS) is 28.1. The van der Waals surface area contributed by atoms with Gasteiger partial charge in [0.2, 0.25) is 0 Å². The molecular weight excluding hydrogens is 197 g/mol. The van der Waals surface area contributed by atoms with Gasteiger partial charge >= 0.3 is 0 Å². The number of halogens is 1. The van der Waals surface area contributed by atoms with Crippen molar-refractivity contribution in [3.05, 3.63) is 0 Å². The van der Waals surface area contributed by atoms with Crippen LogP contribution in [0.3, 0.4) is 0 Å². The van der Waals surface area contributed by atoms with Crippen LogP contribution < -0.4 is 5.32 Å². The van der Waals surface area contributed by atoms with Crippen molar-refractivity contribution in [1.29, 1.82) is 0 Å². The third-order valence-corrected chi connectivity index (χ3v) is 2.58. The molecule has 0 aromatic heterocycles. The van der Waals surface area contributed by atoms with Crippen molar-refractivity contribution >= 4 is 6.02 Å². The molecule has 0 aromatic rings. The van der Waals surface area contributed by atoms with Crippen molar-refractivity contribution < 1.29 is 9.13 Å². The second-order valence-electron chi connectivity index (χ2n) is 3.80. The maximum absolute atomic E-state index is 13.0. The van der Waals surface area contributed by atoms with Crippen molar-refractivity contribution in [2.24, 2.45) is 4.99 Å². The number of likely N-dealkylation sites (tertiary alicyclic amines) is 1. The first-order valence-corrected chi connectivity index (χ1v) is 5.35. The van der Waals surface area contributed by atoms with E-state index in [0.717, 1.165) is 6.54 Å². The maximum atomic E-state index is 13.0. The first-order chi connectivity index (χ1) is 7.17. The van der Waals surface area contributed by atoms with Crippen LogP contribution in [0, 0.1) is 0 Å². The Balaban J connectivity index is 2.30. The summed E-state index contributed by atoms with van der Waals surface area (Å²) < 4.78 is 18.5. The molecule has 0 aromatic carbocycles. The van der Waals surface area contributed by atoms with Gasteiger partial charge in [-0.25, -0.2) is 9.38 Å². The average molecular weight is 217 g/mol. The Kier molecular flexibility index (Phi) is 4.81. The van der Waals surface area contributed by atoms with E-state index in [1.54, 1.807) is 7.05 Å². The Bertz CT molecular complexity index is 223. The molecule has 0 unspecified atom stereocenters. The number of aliphatic imine (C=N–C) groups is 1. The van der Waals surface area contributed by atoms with Gasteiger partial charge in [-0.05, 0) is 20.4 Å². The van der Waals surface area contributed by atoms with Gasteiger partial charge in [0.15, 0.2) is 0 Å². The minimum absolute atomic E-state index is 0.162. The van der Waals surface area contributed by atoms with Crippen LogP contribution in [0.4, 0.5) is 4.39 Å². The summed E-state index contributed by atoms with van der Waals surface area (Å²) in [6, 6.07) is 0.698. The average Bonchev–Trinajstić information content (AvgIpc) is 2.52. The monoisotopic (exact) mass is 217 g/mol. The van der Waals surface area contributed by atoms with Crippen LogP contribution >= 0.6 is 0 Å². The van der Waals surface area contributed by atoms with Crippen LogP contribution in [0.15, 0.2) is 4.99 Å². The summed E-state index contributed by atoms with van der Waals surface area (Å²) in [5.74, 6) is 0. The predicted molar refractivity (Wildman–Crippen MR) is 58.9 cm³/mol. The highest BCUT2D eigenvalue weighted by Crippen LogP contribution is 2.18. The Morgan fingerprint density at radius 1 is 1.67 bits per heavy atom. The zero-order chi connectivity index (χ0) is 11.3. The lowest BCUT2D eigenvalue weighted by Gasteiger charge is -2.19. The molecule has 5 heteroatoms. The molecule has 0 amide bonds. The quantitative estimate of drug-likeness (QED) is 0.557. The van der Waals surface area contributed by atoms with Gasteiger partial charge in [0.25, 0.3) is 6.02 Å². The Morgan fingerprint density at radius 3 is 2.87 bits per heavy atom. The molecule has 88 valence electrons. The summed E-state index contributed by atoms with van der Waals surface area (Å²) in [6.45, 7) is 3.76. The summed E-state index contributed by atoms with van der Waals surface area (Å²) in [7, 11) is 3.60. The van der Waals surface area contributed by atoms with E-state index in [4.69, 9.17) is 4.74 Å². The summed E-state index contributed by atoms with van der Waals surface area (Å²) in [5, 5.41) is 3.00. The molecule has 0 bridgehead atoms. The highest BCUT2D eigenvalue weighted by molar-refractivity contribution is 5.73. The fourth-order valence-corrected chi connectivity index (χ4v) is 1.73. The van der Waals surface area contributed by atoms with E-state index in [0.29, 0.717) is 25.6 Å². The molecule has 1 heterocycles. The van der Waals surface area contributed by atoms with E-state index in [2.05, 4.69) is 10.3 Å². The number of alkyl halides is 1. The summed E-state index contributed by atoms with van der Waals surface area (Å²) >= 11 is 0. The maximum Gasteiger partial charge on any atom is 0.284 e. The van der Waals surface area contributed by atoms with Crippen LogP contribution in [0.5, 0.6) is 0 Å². The number of hydrogen-bond donors (Lipinski definition) is 1. The van der Waals surface area contributed by atoms with Gasteiger partial charge in [-0.3, -0.25) is 4.90 Å². The van der Waals surface area contributed by atoms with E-state index in [9.17, 15) is 4.39 Å². The Morgan fingerprint density at radius 2 is 2.40 bits per heavy atom. The van der Waals surface area contributed by atoms with Crippen LogP contribution in [0.1, 0.15) is 13.3 Å². The van der Waals surface area contributed by atoms with Gasteiger partial charge in [0, 0.05) is 26.2 Å². The number of amidine groups is 1. The number of rotatable bonds is 3. The SMILES string of the molecule is CCNC(=NC)OC[C@@H]1C[C@H](F)CN1C. The lowest BCUT2D eigenvalue weighted by Crippen LogP contribution is -2.34. The third kappa shape index (κ3) is 3.66. The summed E-state index contributed by atoms with van der Waals surface area (Å²) in [6.07, 6.45) is -0.163. The van der Waals surface area contributed by atoms with Gasteiger partial charge in [0.05, 0.1) is 0 Å². The highest BCUT2D eigenvalue weighted by atomic mass is 19.1. The van der Waals surface area contributed by atoms with E-state index in [1.807, 2.05) is 18.9 Å². The van der Waals surface area contributed by atoms with Crippen molar-refractivity contribution in [2.75, 3.05) is 33.8 Å². The fourth-order valence-electron chi connectivity index (χ4n) is 1.73. The number of likely N-dealkylation sites (N-methyl/N-ethyl adjacent to an activating group) is 1. The van der Waals surface area contributed by atoms with Gasteiger partial charge in [0.1, 0.15) is 12.8 Å². The smallest absolute Gasteiger partial charge is 0.284 e. The molecule has 4 nitrogen and oxygen atoms in total. The van der Waals surface area contributed by atoms with Crippen LogP contribution in [0.2, 0.25) is 0 Å². The Labute approximate surface area is 90.5 Å². The topological polar surface area (TPSA) is 36.9 Å². The molecule has 1 rings (SSSR count). The molecular formula is C10H20FN3O. The van der Waals surface area contributed by atoms with Crippen molar-refractivity contribution in [1.82, 2.24) is 10.2 Å². The van der Waals surface area contributed by atoms with E-state index in [-0.39, 0.29) is 6.04 Å². The predicted octanol–water partition coefficient (Wildman–Crippen LogP) is 0.640. The molecule has 1 saturated heterocycles. The molecule has 15 heavy (non-hydrogen) atoms. The lowest BCUT2D eigenvalue weighted by molar-refractivity contribution is 0.184.